The molecule has 0 aliphatic carbocycles. The Labute approximate surface area is 113 Å². The molecule has 1 amide bonds. The van der Waals surface area contributed by atoms with Gasteiger partial charge in [-0.2, -0.15) is 0 Å². The maximum absolute atomic E-state index is 11.8. The van der Waals surface area contributed by atoms with Gasteiger partial charge >= 0.3 is 0 Å². The van der Waals surface area contributed by atoms with Gasteiger partial charge < -0.3 is 21.1 Å². The lowest BCUT2D eigenvalue weighted by Crippen LogP contribution is -2.20. The molecule has 1 saturated heterocycles. The number of carbonyl (C=O) groups excluding carboxylic acids is 1. The summed E-state index contributed by atoms with van der Waals surface area (Å²) < 4.78 is 5.35. The summed E-state index contributed by atoms with van der Waals surface area (Å²) in [4.78, 5) is 11.8. The van der Waals surface area contributed by atoms with Gasteiger partial charge in [0.25, 0.3) is 5.91 Å². The minimum Gasteiger partial charge on any atom is -0.399 e. The zero-order valence-corrected chi connectivity index (χ0v) is 11.2. The predicted molar refractivity (Wildman–Crippen MR) is 76.3 cm³/mol. The van der Waals surface area contributed by atoms with Crippen LogP contribution in [0.15, 0.2) is 18.2 Å². The number of benzene rings is 1. The molecule has 1 aromatic rings. The molecule has 104 valence electrons. The fourth-order valence-corrected chi connectivity index (χ4v) is 2.26. The maximum atomic E-state index is 11.8. The van der Waals surface area contributed by atoms with E-state index in [4.69, 9.17) is 10.5 Å². The van der Waals surface area contributed by atoms with E-state index < -0.39 is 0 Å². The molecule has 0 bridgehead atoms. The Bertz CT molecular complexity index is 442. The Morgan fingerprint density at radius 3 is 3.05 bits per heavy atom. The van der Waals surface area contributed by atoms with E-state index in [1.54, 1.807) is 25.2 Å². The highest BCUT2D eigenvalue weighted by Gasteiger charge is 2.15. The van der Waals surface area contributed by atoms with E-state index in [1.807, 2.05) is 0 Å². The van der Waals surface area contributed by atoms with Gasteiger partial charge in [-0.05, 0) is 37.0 Å². The number of nitrogens with two attached hydrogens (primary N) is 1. The van der Waals surface area contributed by atoms with Crippen molar-refractivity contribution in [1.29, 1.82) is 0 Å². The molecule has 1 aliphatic rings. The molecule has 1 unspecified atom stereocenters. The van der Waals surface area contributed by atoms with Gasteiger partial charge in [0, 0.05) is 38.2 Å². The number of amides is 1. The van der Waals surface area contributed by atoms with Crippen LogP contribution in [0, 0.1) is 5.92 Å². The van der Waals surface area contributed by atoms with Crippen LogP contribution >= 0.6 is 0 Å². The highest BCUT2D eigenvalue weighted by Crippen LogP contribution is 2.21. The summed E-state index contributed by atoms with van der Waals surface area (Å²) in [5.41, 5.74) is 7.84. The average Bonchev–Trinajstić information content (AvgIpc) is 2.91. The second kappa shape index (κ2) is 6.43. The number of hydrogen-bond donors (Lipinski definition) is 3. The summed E-state index contributed by atoms with van der Waals surface area (Å²) in [6, 6.07) is 5.28. The van der Waals surface area contributed by atoms with Crippen molar-refractivity contribution >= 4 is 17.3 Å². The van der Waals surface area contributed by atoms with Crippen LogP contribution in [0.1, 0.15) is 23.2 Å². The highest BCUT2D eigenvalue weighted by molar-refractivity contribution is 6.00. The third-order valence-electron chi connectivity index (χ3n) is 3.41. The smallest absolute Gasteiger partial charge is 0.253 e. The number of ether oxygens (including phenoxy) is 1. The molecule has 1 fully saturated rings. The lowest BCUT2D eigenvalue weighted by atomic mass is 10.0. The first-order chi connectivity index (χ1) is 9.20. The lowest BCUT2D eigenvalue weighted by molar-refractivity contribution is 0.0964. The Kier molecular flexibility index (Phi) is 4.63. The monoisotopic (exact) mass is 263 g/mol. The maximum Gasteiger partial charge on any atom is 0.253 e. The van der Waals surface area contributed by atoms with Crippen LogP contribution in [0.3, 0.4) is 0 Å². The van der Waals surface area contributed by atoms with Gasteiger partial charge in [0.05, 0.1) is 5.56 Å². The molecule has 1 aromatic carbocycles. The predicted octanol–water partition coefficient (Wildman–Crippen LogP) is 1.47. The molecule has 0 spiro atoms. The number of hydrogen-bond acceptors (Lipinski definition) is 4. The fourth-order valence-electron chi connectivity index (χ4n) is 2.26. The number of nitrogens with one attached hydrogen (secondary N) is 2. The number of anilines is 2. The Morgan fingerprint density at radius 2 is 2.37 bits per heavy atom. The van der Waals surface area contributed by atoms with Crippen LogP contribution in [0.4, 0.5) is 11.4 Å². The molecule has 19 heavy (non-hydrogen) atoms. The van der Waals surface area contributed by atoms with Gasteiger partial charge in [-0.1, -0.05) is 0 Å². The van der Waals surface area contributed by atoms with Gasteiger partial charge in [0.15, 0.2) is 0 Å². The fraction of sp³-hybridized carbons (Fsp3) is 0.500. The molecular formula is C14H21N3O2. The first kappa shape index (κ1) is 13.7. The van der Waals surface area contributed by atoms with Gasteiger partial charge in [-0.15, -0.1) is 0 Å². The number of rotatable bonds is 5. The van der Waals surface area contributed by atoms with Crippen LogP contribution in [0.5, 0.6) is 0 Å². The molecule has 5 heteroatoms. The van der Waals surface area contributed by atoms with Crippen molar-refractivity contribution in [1.82, 2.24) is 5.32 Å². The van der Waals surface area contributed by atoms with Crippen molar-refractivity contribution in [2.45, 2.75) is 12.8 Å². The van der Waals surface area contributed by atoms with E-state index >= 15 is 0 Å². The van der Waals surface area contributed by atoms with Crippen LogP contribution in [0.2, 0.25) is 0 Å². The van der Waals surface area contributed by atoms with E-state index in [2.05, 4.69) is 10.6 Å². The highest BCUT2D eigenvalue weighted by atomic mass is 16.5. The second-order valence-electron chi connectivity index (χ2n) is 4.83. The van der Waals surface area contributed by atoms with Crippen molar-refractivity contribution in [3.63, 3.8) is 0 Å². The van der Waals surface area contributed by atoms with Crippen molar-refractivity contribution in [2.24, 2.45) is 5.92 Å². The van der Waals surface area contributed by atoms with Crippen molar-refractivity contribution in [2.75, 3.05) is 37.9 Å². The molecule has 1 aliphatic heterocycles. The summed E-state index contributed by atoms with van der Waals surface area (Å²) >= 11 is 0. The van der Waals surface area contributed by atoms with Crippen LogP contribution in [0.25, 0.3) is 0 Å². The Balaban J connectivity index is 1.97. The van der Waals surface area contributed by atoms with E-state index in [1.165, 1.54) is 0 Å². The molecule has 2 rings (SSSR count). The summed E-state index contributed by atoms with van der Waals surface area (Å²) in [5.74, 6) is 0.517. The molecule has 1 heterocycles. The van der Waals surface area contributed by atoms with Gasteiger partial charge in [0.2, 0.25) is 0 Å². The largest absolute Gasteiger partial charge is 0.399 e. The third-order valence-corrected chi connectivity index (χ3v) is 3.41. The van der Waals surface area contributed by atoms with E-state index in [0.717, 1.165) is 38.3 Å². The minimum absolute atomic E-state index is 0.105. The quantitative estimate of drug-likeness (QED) is 0.703. The molecule has 0 radical (unpaired) electrons. The van der Waals surface area contributed by atoms with E-state index in [0.29, 0.717) is 17.2 Å². The lowest BCUT2D eigenvalue weighted by Gasteiger charge is -2.13. The molecular weight excluding hydrogens is 242 g/mol. The number of carbonyl (C=O) groups is 1. The first-order valence-corrected chi connectivity index (χ1v) is 6.64. The average molecular weight is 263 g/mol. The summed E-state index contributed by atoms with van der Waals surface area (Å²) in [6.07, 6.45) is 2.17. The topological polar surface area (TPSA) is 76.4 Å². The summed E-state index contributed by atoms with van der Waals surface area (Å²) in [5, 5.41) is 5.93. The second-order valence-corrected chi connectivity index (χ2v) is 4.83. The van der Waals surface area contributed by atoms with Crippen molar-refractivity contribution < 1.29 is 9.53 Å². The molecule has 1 atom stereocenters. The summed E-state index contributed by atoms with van der Waals surface area (Å²) in [6.45, 7) is 2.54. The standard InChI is InChI=1S/C14H21N3O2/c1-16-14(18)12-3-2-11(15)8-13(12)17-6-4-10-5-7-19-9-10/h2-3,8,10,17H,4-7,9,15H2,1H3,(H,16,18). The molecule has 4 N–H and O–H groups in total. The van der Waals surface area contributed by atoms with Gasteiger partial charge in [0.1, 0.15) is 0 Å². The Hall–Kier alpha value is -1.75. The van der Waals surface area contributed by atoms with Crippen molar-refractivity contribution in [3.8, 4) is 0 Å². The SMILES string of the molecule is CNC(=O)c1ccc(N)cc1NCCC1CCOC1. The zero-order chi connectivity index (χ0) is 13.7. The number of nitrogen functional groups attached to an aromatic ring is 1. The zero-order valence-electron chi connectivity index (χ0n) is 11.2. The first-order valence-electron chi connectivity index (χ1n) is 6.64. The summed E-state index contributed by atoms with van der Waals surface area (Å²) in [7, 11) is 1.62. The van der Waals surface area contributed by atoms with Crippen LogP contribution in [-0.2, 0) is 4.74 Å². The third kappa shape index (κ3) is 3.61. The van der Waals surface area contributed by atoms with Crippen molar-refractivity contribution in [3.05, 3.63) is 23.8 Å². The van der Waals surface area contributed by atoms with Gasteiger partial charge in [-0.3, -0.25) is 4.79 Å². The normalized spacial score (nSPS) is 18.3. The molecule has 5 nitrogen and oxygen atoms in total. The van der Waals surface area contributed by atoms with E-state index in [-0.39, 0.29) is 5.91 Å². The van der Waals surface area contributed by atoms with Crippen LogP contribution in [-0.4, -0.2) is 32.7 Å². The van der Waals surface area contributed by atoms with Crippen LogP contribution < -0.4 is 16.4 Å². The minimum atomic E-state index is -0.105. The molecule has 0 saturated carbocycles. The van der Waals surface area contributed by atoms with Gasteiger partial charge in [-0.25, -0.2) is 0 Å². The molecule has 0 aromatic heterocycles. The van der Waals surface area contributed by atoms with E-state index in [9.17, 15) is 4.79 Å². The Morgan fingerprint density at radius 1 is 1.53 bits per heavy atom.